The molecule has 0 saturated heterocycles. The summed E-state index contributed by atoms with van der Waals surface area (Å²) in [5.74, 6) is 1.72. The third-order valence-corrected chi connectivity index (χ3v) is 2.38. The molecule has 2 heterocycles. The van der Waals surface area contributed by atoms with Crippen LogP contribution in [0.1, 0.15) is 5.56 Å². The van der Waals surface area contributed by atoms with Gasteiger partial charge < -0.3 is 20.4 Å². The van der Waals surface area contributed by atoms with Gasteiger partial charge in [0.2, 0.25) is 5.95 Å². The Hall–Kier alpha value is -2.24. The summed E-state index contributed by atoms with van der Waals surface area (Å²) >= 11 is 0. The fourth-order valence-corrected chi connectivity index (χ4v) is 1.51. The van der Waals surface area contributed by atoms with Gasteiger partial charge in [0, 0.05) is 32.3 Å². The number of anilines is 3. The lowest BCUT2D eigenvalue weighted by Crippen LogP contribution is -2.18. The van der Waals surface area contributed by atoms with Gasteiger partial charge in [0.15, 0.2) is 0 Å². The summed E-state index contributed by atoms with van der Waals surface area (Å²) < 4.78 is 5.02. The van der Waals surface area contributed by atoms with E-state index in [9.17, 15) is 0 Å². The van der Waals surface area contributed by atoms with E-state index in [-0.39, 0.29) is 5.95 Å². The highest BCUT2D eigenvalue weighted by atomic mass is 16.3. The summed E-state index contributed by atoms with van der Waals surface area (Å²) in [4.78, 5) is 10.2. The molecule has 6 nitrogen and oxygen atoms in total. The molecule has 2 aromatic heterocycles. The Kier molecular flexibility index (Phi) is 3.13. The number of furan rings is 1. The highest BCUT2D eigenvalue weighted by molar-refractivity contribution is 5.52. The normalized spacial score (nSPS) is 10.2. The predicted molar refractivity (Wildman–Crippen MR) is 66.8 cm³/mol. The van der Waals surface area contributed by atoms with Crippen LogP contribution in [0, 0.1) is 0 Å². The van der Waals surface area contributed by atoms with E-state index in [1.807, 2.05) is 24.1 Å². The summed E-state index contributed by atoms with van der Waals surface area (Å²) in [5.41, 5.74) is 6.72. The van der Waals surface area contributed by atoms with E-state index in [0.29, 0.717) is 12.4 Å². The number of rotatable bonds is 4. The van der Waals surface area contributed by atoms with Crippen molar-refractivity contribution in [1.82, 2.24) is 9.97 Å². The fraction of sp³-hybridized carbons (Fsp3) is 0.273. The zero-order chi connectivity index (χ0) is 12.3. The second kappa shape index (κ2) is 4.73. The molecule has 0 amide bonds. The monoisotopic (exact) mass is 233 g/mol. The van der Waals surface area contributed by atoms with Crippen molar-refractivity contribution in [1.29, 1.82) is 0 Å². The Morgan fingerprint density at radius 3 is 2.94 bits per heavy atom. The first-order valence-corrected chi connectivity index (χ1v) is 5.23. The number of hydrogen-bond donors (Lipinski definition) is 2. The molecule has 0 radical (unpaired) electrons. The summed E-state index contributed by atoms with van der Waals surface area (Å²) in [6.45, 7) is 0.704. The molecule has 0 aliphatic carbocycles. The molecular formula is C11H15N5O. The molecule has 0 atom stereocenters. The molecule has 90 valence electrons. The number of nitrogens with zero attached hydrogens (tertiary/aromatic N) is 3. The Bertz CT molecular complexity index is 483. The maximum absolute atomic E-state index is 5.64. The molecule has 3 N–H and O–H groups in total. The van der Waals surface area contributed by atoms with Gasteiger partial charge in [-0.05, 0) is 6.07 Å². The van der Waals surface area contributed by atoms with Gasteiger partial charge in [0.05, 0.1) is 12.5 Å². The van der Waals surface area contributed by atoms with E-state index in [4.69, 9.17) is 10.2 Å². The number of nitrogen functional groups attached to an aromatic ring is 1. The molecule has 0 spiro atoms. The van der Waals surface area contributed by atoms with Gasteiger partial charge in [-0.1, -0.05) is 0 Å². The largest absolute Gasteiger partial charge is 0.472 e. The standard InChI is InChI=1S/C11H15N5O/c1-13-9-5-10(15-11(12)14-9)16(2)6-8-3-4-17-7-8/h3-5,7H,6H2,1-2H3,(H3,12,13,14,15). The van der Waals surface area contributed by atoms with Crippen LogP contribution in [-0.4, -0.2) is 24.1 Å². The quantitative estimate of drug-likeness (QED) is 0.829. The lowest BCUT2D eigenvalue weighted by molar-refractivity contribution is 0.563. The molecular weight excluding hydrogens is 218 g/mol. The van der Waals surface area contributed by atoms with Gasteiger partial charge >= 0.3 is 0 Å². The number of hydrogen-bond acceptors (Lipinski definition) is 6. The molecule has 0 unspecified atom stereocenters. The van der Waals surface area contributed by atoms with Gasteiger partial charge in [-0.2, -0.15) is 9.97 Å². The van der Waals surface area contributed by atoms with Crippen LogP contribution < -0.4 is 16.0 Å². The Morgan fingerprint density at radius 1 is 1.47 bits per heavy atom. The van der Waals surface area contributed by atoms with Gasteiger partial charge in [-0.3, -0.25) is 0 Å². The van der Waals surface area contributed by atoms with Crippen molar-refractivity contribution in [2.24, 2.45) is 0 Å². The van der Waals surface area contributed by atoms with Crippen molar-refractivity contribution >= 4 is 17.6 Å². The van der Waals surface area contributed by atoms with Crippen LogP contribution in [0.25, 0.3) is 0 Å². The van der Waals surface area contributed by atoms with Crippen molar-refractivity contribution in [2.75, 3.05) is 30.0 Å². The first-order chi connectivity index (χ1) is 8.19. The summed E-state index contributed by atoms with van der Waals surface area (Å²) in [6.07, 6.45) is 3.36. The zero-order valence-electron chi connectivity index (χ0n) is 9.84. The zero-order valence-corrected chi connectivity index (χ0v) is 9.84. The van der Waals surface area contributed by atoms with E-state index in [1.165, 1.54) is 0 Å². The van der Waals surface area contributed by atoms with E-state index in [2.05, 4.69) is 15.3 Å². The van der Waals surface area contributed by atoms with Gasteiger partial charge in [-0.15, -0.1) is 0 Å². The Morgan fingerprint density at radius 2 is 2.29 bits per heavy atom. The average Bonchev–Trinajstić information content (AvgIpc) is 2.81. The minimum absolute atomic E-state index is 0.255. The van der Waals surface area contributed by atoms with Crippen LogP contribution in [-0.2, 0) is 6.54 Å². The first-order valence-electron chi connectivity index (χ1n) is 5.23. The average molecular weight is 233 g/mol. The van der Waals surface area contributed by atoms with Crippen LogP contribution in [0.4, 0.5) is 17.6 Å². The van der Waals surface area contributed by atoms with Crippen molar-refractivity contribution in [3.05, 3.63) is 30.2 Å². The van der Waals surface area contributed by atoms with E-state index in [0.717, 1.165) is 11.4 Å². The van der Waals surface area contributed by atoms with Crippen molar-refractivity contribution in [2.45, 2.75) is 6.54 Å². The maximum Gasteiger partial charge on any atom is 0.223 e. The van der Waals surface area contributed by atoms with Crippen LogP contribution >= 0.6 is 0 Å². The topological polar surface area (TPSA) is 80.2 Å². The van der Waals surface area contributed by atoms with Gasteiger partial charge in [0.25, 0.3) is 0 Å². The number of nitrogens with two attached hydrogens (primary N) is 1. The molecule has 0 fully saturated rings. The van der Waals surface area contributed by atoms with Gasteiger partial charge in [-0.25, -0.2) is 0 Å². The molecule has 0 bridgehead atoms. The van der Waals surface area contributed by atoms with Crippen LogP contribution in [0.2, 0.25) is 0 Å². The van der Waals surface area contributed by atoms with Crippen molar-refractivity contribution in [3.8, 4) is 0 Å². The second-order valence-electron chi connectivity index (χ2n) is 3.71. The third-order valence-electron chi connectivity index (χ3n) is 2.38. The van der Waals surface area contributed by atoms with E-state index >= 15 is 0 Å². The van der Waals surface area contributed by atoms with Crippen LogP contribution in [0.3, 0.4) is 0 Å². The lowest BCUT2D eigenvalue weighted by atomic mass is 10.3. The van der Waals surface area contributed by atoms with Gasteiger partial charge in [0.1, 0.15) is 11.6 Å². The molecule has 0 aliphatic heterocycles. The lowest BCUT2D eigenvalue weighted by Gasteiger charge is -2.18. The molecule has 6 heteroatoms. The Balaban J connectivity index is 2.18. The summed E-state index contributed by atoms with van der Waals surface area (Å²) in [5, 5.41) is 2.95. The molecule has 0 saturated carbocycles. The minimum atomic E-state index is 0.255. The van der Waals surface area contributed by atoms with E-state index in [1.54, 1.807) is 19.6 Å². The maximum atomic E-state index is 5.64. The highest BCUT2D eigenvalue weighted by Gasteiger charge is 2.07. The minimum Gasteiger partial charge on any atom is -0.472 e. The first kappa shape index (κ1) is 11.3. The fourth-order valence-electron chi connectivity index (χ4n) is 1.51. The number of aromatic nitrogens is 2. The Labute approximate surface area is 99.5 Å². The third kappa shape index (κ3) is 2.66. The molecule has 2 rings (SSSR count). The highest BCUT2D eigenvalue weighted by Crippen LogP contribution is 2.17. The predicted octanol–water partition coefficient (Wildman–Crippen LogP) is 1.33. The molecule has 2 aromatic rings. The summed E-state index contributed by atoms with van der Waals surface area (Å²) in [7, 11) is 3.73. The van der Waals surface area contributed by atoms with Crippen LogP contribution in [0.5, 0.6) is 0 Å². The smallest absolute Gasteiger partial charge is 0.223 e. The summed E-state index contributed by atoms with van der Waals surface area (Å²) in [6, 6.07) is 3.76. The van der Waals surface area contributed by atoms with Crippen molar-refractivity contribution < 1.29 is 4.42 Å². The van der Waals surface area contributed by atoms with Crippen molar-refractivity contribution in [3.63, 3.8) is 0 Å². The van der Waals surface area contributed by atoms with E-state index < -0.39 is 0 Å². The SMILES string of the molecule is CNc1cc(N(C)Cc2ccoc2)nc(N)n1. The molecule has 0 aliphatic rings. The number of nitrogens with one attached hydrogen (secondary N) is 1. The molecule has 0 aromatic carbocycles. The van der Waals surface area contributed by atoms with Crippen LogP contribution in [0.15, 0.2) is 29.1 Å². The molecule has 17 heavy (non-hydrogen) atoms. The second-order valence-corrected chi connectivity index (χ2v) is 3.71.